The van der Waals surface area contributed by atoms with Gasteiger partial charge in [0.05, 0.1) is 0 Å². The third-order valence-corrected chi connectivity index (χ3v) is 3.65. The SMILES string of the molecule is CCCCCCCC/C=C\CCCCCCCC(=O)O.[Mn]. The number of hydrogen-bond acceptors (Lipinski definition) is 1. The first-order valence-corrected chi connectivity index (χ1v) is 8.64. The van der Waals surface area contributed by atoms with Gasteiger partial charge in [-0.05, 0) is 32.1 Å². The molecule has 0 aliphatic heterocycles. The molecule has 0 heterocycles. The molecule has 2 nitrogen and oxygen atoms in total. The van der Waals surface area contributed by atoms with E-state index in [-0.39, 0.29) is 17.1 Å². The Bertz CT molecular complexity index is 239. The monoisotopic (exact) mass is 337 g/mol. The van der Waals surface area contributed by atoms with Crippen LogP contribution in [0, 0.1) is 0 Å². The van der Waals surface area contributed by atoms with Crippen LogP contribution in [0.5, 0.6) is 0 Å². The van der Waals surface area contributed by atoms with Crippen LogP contribution in [-0.4, -0.2) is 11.1 Å². The van der Waals surface area contributed by atoms with E-state index in [1.54, 1.807) is 0 Å². The van der Waals surface area contributed by atoms with Crippen molar-refractivity contribution in [3.63, 3.8) is 0 Å². The van der Waals surface area contributed by atoms with Gasteiger partial charge in [-0.25, -0.2) is 0 Å². The van der Waals surface area contributed by atoms with Crippen molar-refractivity contribution in [1.29, 1.82) is 0 Å². The molecule has 0 aromatic rings. The van der Waals surface area contributed by atoms with Gasteiger partial charge in [0.25, 0.3) is 0 Å². The minimum absolute atomic E-state index is 0. The Kier molecular flexibility index (Phi) is 21.6. The van der Waals surface area contributed by atoms with Gasteiger partial charge < -0.3 is 5.11 Å². The van der Waals surface area contributed by atoms with Gasteiger partial charge in [0.2, 0.25) is 0 Å². The van der Waals surface area contributed by atoms with Gasteiger partial charge in [-0.1, -0.05) is 70.4 Å². The molecule has 0 aliphatic rings. The van der Waals surface area contributed by atoms with E-state index >= 15 is 0 Å². The normalized spacial score (nSPS) is 10.7. The average Bonchev–Trinajstić information content (AvgIpc) is 2.43. The van der Waals surface area contributed by atoms with E-state index in [4.69, 9.17) is 5.11 Å². The van der Waals surface area contributed by atoms with Gasteiger partial charge in [-0.3, -0.25) is 4.79 Å². The van der Waals surface area contributed by atoms with Gasteiger partial charge in [0.1, 0.15) is 0 Å². The molecule has 3 heteroatoms. The number of allylic oxidation sites excluding steroid dienone is 2. The van der Waals surface area contributed by atoms with Crippen LogP contribution in [-0.2, 0) is 21.9 Å². The largest absolute Gasteiger partial charge is 0.481 e. The second kappa shape index (κ2) is 19.7. The molecule has 1 N–H and O–H groups in total. The molecule has 0 aromatic heterocycles. The fraction of sp³-hybridized carbons (Fsp3) is 0.833. The average molecular weight is 337 g/mol. The van der Waals surface area contributed by atoms with E-state index in [1.165, 1.54) is 70.6 Å². The molecule has 21 heavy (non-hydrogen) atoms. The summed E-state index contributed by atoms with van der Waals surface area (Å²) in [5.41, 5.74) is 0. The van der Waals surface area contributed by atoms with Crippen molar-refractivity contribution in [3.8, 4) is 0 Å². The van der Waals surface area contributed by atoms with Crippen LogP contribution in [0.4, 0.5) is 0 Å². The Balaban J connectivity index is 0. The summed E-state index contributed by atoms with van der Waals surface area (Å²) < 4.78 is 0. The quantitative estimate of drug-likeness (QED) is 0.222. The molecule has 0 saturated carbocycles. The number of hydrogen-bond donors (Lipinski definition) is 1. The van der Waals surface area contributed by atoms with Gasteiger partial charge in [-0.15, -0.1) is 0 Å². The zero-order chi connectivity index (χ0) is 14.9. The summed E-state index contributed by atoms with van der Waals surface area (Å²) in [6, 6.07) is 0. The zero-order valence-corrected chi connectivity index (χ0v) is 15.0. The molecule has 0 saturated heterocycles. The Labute approximate surface area is 142 Å². The molecular weight excluding hydrogens is 303 g/mol. The number of unbranched alkanes of at least 4 members (excludes halogenated alkanes) is 11. The maximum absolute atomic E-state index is 10.3. The van der Waals surface area contributed by atoms with E-state index in [0.29, 0.717) is 6.42 Å². The van der Waals surface area contributed by atoms with Crippen LogP contribution < -0.4 is 0 Å². The van der Waals surface area contributed by atoms with Crippen LogP contribution in [0.1, 0.15) is 96.8 Å². The smallest absolute Gasteiger partial charge is 0.303 e. The number of aliphatic carboxylic acids is 1. The summed E-state index contributed by atoms with van der Waals surface area (Å²) in [5, 5.41) is 8.51. The van der Waals surface area contributed by atoms with Crippen molar-refractivity contribution in [1.82, 2.24) is 0 Å². The Morgan fingerprint density at radius 3 is 1.67 bits per heavy atom. The van der Waals surface area contributed by atoms with Crippen LogP contribution in [0.25, 0.3) is 0 Å². The van der Waals surface area contributed by atoms with Crippen LogP contribution in [0.15, 0.2) is 12.2 Å². The predicted molar refractivity (Wildman–Crippen MR) is 87.1 cm³/mol. The minimum atomic E-state index is -0.664. The standard InChI is InChI=1S/C18H34O2.Mn/c1-2-3-4-5-6-7-8-9-10-11-12-13-14-15-16-17-18(19)20;/h9-10H,2-8,11-17H2,1H3,(H,19,20);/b10-9-;. The first kappa shape index (κ1) is 23.0. The first-order chi connectivity index (χ1) is 9.77. The number of carboxylic acids is 1. The first-order valence-electron chi connectivity index (χ1n) is 8.64. The van der Waals surface area contributed by atoms with Crippen LogP contribution >= 0.6 is 0 Å². The summed E-state index contributed by atoms with van der Waals surface area (Å²) in [7, 11) is 0. The molecule has 1 radical (unpaired) electrons. The molecule has 0 spiro atoms. The number of rotatable bonds is 15. The van der Waals surface area contributed by atoms with Crippen molar-refractivity contribution in [3.05, 3.63) is 12.2 Å². The summed E-state index contributed by atoms with van der Waals surface area (Å²) >= 11 is 0. The minimum Gasteiger partial charge on any atom is -0.481 e. The zero-order valence-electron chi connectivity index (χ0n) is 13.8. The fourth-order valence-corrected chi connectivity index (χ4v) is 2.35. The number of carbonyl (C=O) groups is 1. The maximum atomic E-state index is 10.3. The topological polar surface area (TPSA) is 37.3 Å². The summed E-state index contributed by atoms with van der Waals surface area (Å²) in [4.78, 5) is 10.3. The van der Waals surface area contributed by atoms with Crippen molar-refractivity contribution in [2.75, 3.05) is 0 Å². The van der Waals surface area contributed by atoms with E-state index in [1.807, 2.05) is 0 Å². The molecule has 0 rings (SSSR count). The van der Waals surface area contributed by atoms with Crippen molar-refractivity contribution < 1.29 is 27.0 Å². The molecule has 0 bridgehead atoms. The second-order valence-corrected chi connectivity index (χ2v) is 5.73. The van der Waals surface area contributed by atoms with E-state index in [0.717, 1.165) is 12.8 Å². The third kappa shape index (κ3) is 22.2. The number of carboxylic acid groups (broad SMARTS) is 1. The van der Waals surface area contributed by atoms with E-state index in [2.05, 4.69) is 19.1 Å². The fourth-order valence-electron chi connectivity index (χ4n) is 2.35. The Morgan fingerprint density at radius 2 is 1.19 bits per heavy atom. The van der Waals surface area contributed by atoms with Gasteiger partial charge in [-0.2, -0.15) is 0 Å². The summed E-state index contributed by atoms with van der Waals surface area (Å²) in [6.45, 7) is 2.26. The second-order valence-electron chi connectivity index (χ2n) is 5.73. The summed E-state index contributed by atoms with van der Waals surface area (Å²) in [5.74, 6) is -0.664. The Morgan fingerprint density at radius 1 is 0.762 bits per heavy atom. The van der Waals surface area contributed by atoms with Gasteiger partial charge in [0, 0.05) is 23.5 Å². The van der Waals surface area contributed by atoms with Crippen LogP contribution in [0.3, 0.4) is 0 Å². The van der Waals surface area contributed by atoms with Gasteiger partial charge >= 0.3 is 5.97 Å². The molecule has 0 amide bonds. The summed E-state index contributed by atoms with van der Waals surface area (Å²) in [6.07, 6.45) is 21.2. The molecule has 125 valence electrons. The van der Waals surface area contributed by atoms with Crippen molar-refractivity contribution in [2.24, 2.45) is 0 Å². The van der Waals surface area contributed by atoms with E-state index < -0.39 is 5.97 Å². The molecule has 0 aromatic carbocycles. The molecule has 0 atom stereocenters. The third-order valence-electron chi connectivity index (χ3n) is 3.65. The van der Waals surface area contributed by atoms with Crippen molar-refractivity contribution in [2.45, 2.75) is 96.8 Å². The Hall–Kier alpha value is -0.271. The van der Waals surface area contributed by atoms with Crippen molar-refractivity contribution >= 4 is 5.97 Å². The molecular formula is C18H34MnO2. The van der Waals surface area contributed by atoms with Crippen LogP contribution in [0.2, 0.25) is 0 Å². The predicted octanol–water partition coefficient (Wildman–Crippen LogP) is 6.11. The van der Waals surface area contributed by atoms with Gasteiger partial charge in [0.15, 0.2) is 0 Å². The molecule has 0 unspecified atom stereocenters. The molecule has 0 aliphatic carbocycles. The molecule has 0 fully saturated rings. The van der Waals surface area contributed by atoms with E-state index in [9.17, 15) is 4.79 Å². The maximum Gasteiger partial charge on any atom is 0.303 e.